The van der Waals surface area contributed by atoms with E-state index in [1.165, 1.54) is 0 Å². The SMILES string of the molecule is CCCC1(C(=O)N(C)CCC(=O)NC)CCNCC1. The molecule has 0 aromatic rings. The molecule has 1 aliphatic heterocycles. The van der Waals surface area contributed by atoms with Gasteiger partial charge in [-0.25, -0.2) is 0 Å². The Kier molecular flexibility index (Phi) is 6.28. The van der Waals surface area contributed by atoms with Gasteiger partial charge in [0.15, 0.2) is 0 Å². The summed E-state index contributed by atoms with van der Waals surface area (Å²) in [7, 11) is 3.43. The number of carbonyl (C=O) groups is 2. The van der Waals surface area contributed by atoms with Gasteiger partial charge in [0.05, 0.1) is 5.41 Å². The first kappa shape index (κ1) is 16.0. The molecule has 0 bridgehead atoms. The summed E-state index contributed by atoms with van der Waals surface area (Å²) >= 11 is 0. The Hall–Kier alpha value is -1.10. The molecule has 5 heteroatoms. The van der Waals surface area contributed by atoms with Crippen LogP contribution in [0.2, 0.25) is 0 Å². The van der Waals surface area contributed by atoms with Crippen molar-refractivity contribution in [2.45, 2.75) is 39.0 Å². The average molecular weight is 269 g/mol. The first-order valence-corrected chi connectivity index (χ1v) is 7.22. The van der Waals surface area contributed by atoms with Gasteiger partial charge >= 0.3 is 0 Å². The summed E-state index contributed by atoms with van der Waals surface area (Å²) in [6.07, 6.45) is 4.15. The van der Waals surface area contributed by atoms with Gasteiger partial charge in [-0.05, 0) is 32.4 Å². The monoisotopic (exact) mass is 269 g/mol. The first-order valence-electron chi connectivity index (χ1n) is 7.22. The summed E-state index contributed by atoms with van der Waals surface area (Å²) < 4.78 is 0. The highest BCUT2D eigenvalue weighted by Crippen LogP contribution is 2.35. The number of hydrogen-bond donors (Lipinski definition) is 2. The summed E-state index contributed by atoms with van der Waals surface area (Å²) in [4.78, 5) is 25.7. The molecule has 1 fully saturated rings. The van der Waals surface area contributed by atoms with Crippen LogP contribution in [0.4, 0.5) is 0 Å². The van der Waals surface area contributed by atoms with Crippen LogP contribution in [0, 0.1) is 5.41 Å². The van der Waals surface area contributed by atoms with Crippen molar-refractivity contribution in [2.24, 2.45) is 5.41 Å². The summed E-state index contributed by atoms with van der Waals surface area (Å²) in [5.41, 5.74) is -0.211. The van der Waals surface area contributed by atoms with Crippen LogP contribution in [-0.2, 0) is 9.59 Å². The van der Waals surface area contributed by atoms with E-state index >= 15 is 0 Å². The maximum Gasteiger partial charge on any atom is 0.228 e. The fourth-order valence-corrected chi connectivity index (χ4v) is 2.86. The van der Waals surface area contributed by atoms with E-state index in [2.05, 4.69) is 17.6 Å². The van der Waals surface area contributed by atoms with Gasteiger partial charge in [-0.1, -0.05) is 13.3 Å². The van der Waals surface area contributed by atoms with Crippen LogP contribution in [0.1, 0.15) is 39.0 Å². The fraction of sp³-hybridized carbons (Fsp3) is 0.857. The third-order valence-corrected chi connectivity index (χ3v) is 4.04. The van der Waals surface area contributed by atoms with Crippen LogP contribution in [0.15, 0.2) is 0 Å². The molecule has 0 saturated carbocycles. The van der Waals surface area contributed by atoms with Gasteiger partial charge < -0.3 is 15.5 Å². The van der Waals surface area contributed by atoms with Crippen LogP contribution in [-0.4, -0.2) is 50.4 Å². The lowest BCUT2D eigenvalue weighted by Gasteiger charge is -2.39. The number of carbonyl (C=O) groups excluding carboxylic acids is 2. The molecule has 1 aliphatic rings. The highest BCUT2D eigenvalue weighted by atomic mass is 16.2. The minimum Gasteiger partial charge on any atom is -0.359 e. The lowest BCUT2D eigenvalue weighted by atomic mass is 9.74. The number of nitrogens with zero attached hydrogens (tertiary/aromatic N) is 1. The first-order chi connectivity index (χ1) is 9.05. The highest BCUT2D eigenvalue weighted by molar-refractivity contribution is 5.83. The molecule has 1 rings (SSSR count). The van der Waals surface area contributed by atoms with E-state index in [0.717, 1.165) is 38.8 Å². The normalized spacial score (nSPS) is 17.8. The lowest BCUT2D eigenvalue weighted by molar-refractivity contribution is -0.143. The maximum absolute atomic E-state index is 12.7. The van der Waals surface area contributed by atoms with Crippen molar-refractivity contribution in [3.8, 4) is 0 Å². The van der Waals surface area contributed by atoms with E-state index in [-0.39, 0.29) is 17.2 Å². The molecule has 0 aromatic heterocycles. The molecule has 110 valence electrons. The molecule has 0 unspecified atom stereocenters. The van der Waals surface area contributed by atoms with Gasteiger partial charge in [-0.2, -0.15) is 0 Å². The summed E-state index contributed by atoms with van der Waals surface area (Å²) in [6.45, 7) is 4.45. The smallest absolute Gasteiger partial charge is 0.228 e. The van der Waals surface area contributed by atoms with E-state index in [9.17, 15) is 9.59 Å². The van der Waals surface area contributed by atoms with Crippen molar-refractivity contribution in [2.75, 3.05) is 33.7 Å². The van der Waals surface area contributed by atoms with Crippen molar-refractivity contribution >= 4 is 11.8 Å². The van der Waals surface area contributed by atoms with Gasteiger partial charge in [0, 0.05) is 27.1 Å². The molecule has 0 aromatic carbocycles. The minimum atomic E-state index is -0.211. The number of amides is 2. The van der Waals surface area contributed by atoms with Gasteiger partial charge in [0.1, 0.15) is 0 Å². The van der Waals surface area contributed by atoms with E-state index in [0.29, 0.717) is 13.0 Å². The molecule has 5 nitrogen and oxygen atoms in total. The van der Waals surface area contributed by atoms with E-state index < -0.39 is 0 Å². The standard InChI is InChI=1S/C14H27N3O2/c1-4-6-14(7-9-16-10-8-14)13(19)17(3)11-5-12(18)15-2/h16H,4-11H2,1-3H3,(H,15,18). The topological polar surface area (TPSA) is 61.4 Å². The molecular weight excluding hydrogens is 242 g/mol. The fourth-order valence-electron chi connectivity index (χ4n) is 2.86. The average Bonchev–Trinajstić information content (AvgIpc) is 2.44. The van der Waals surface area contributed by atoms with Gasteiger partial charge in [-0.15, -0.1) is 0 Å². The molecule has 19 heavy (non-hydrogen) atoms. The van der Waals surface area contributed by atoms with Gasteiger partial charge in [-0.3, -0.25) is 9.59 Å². The van der Waals surface area contributed by atoms with E-state index in [1.807, 2.05) is 7.05 Å². The second-order valence-electron chi connectivity index (χ2n) is 5.43. The predicted octanol–water partition coefficient (Wildman–Crippen LogP) is 0.751. The third kappa shape index (κ3) is 4.20. The number of hydrogen-bond acceptors (Lipinski definition) is 3. The van der Waals surface area contributed by atoms with Crippen LogP contribution in [0.5, 0.6) is 0 Å². The Labute approximate surface area is 116 Å². The number of piperidine rings is 1. The summed E-state index contributed by atoms with van der Waals surface area (Å²) in [6, 6.07) is 0. The Morgan fingerprint density at radius 3 is 2.47 bits per heavy atom. The van der Waals surface area contributed by atoms with Crippen molar-refractivity contribution in [3.05, 3.63) is 0 Å². The van der Waals surface area contributed by atoms with Crippen molar-refractivity contribution in [1.29, 1.82) is 0 Å². The number of nitrogens with one attached hydrogen (secondary N) is 2. The largest absolute Gasteiger partial charge is 0.359 e. The second kappa shape index (κ2) is 7.48. The van der Waals surface area contributed by atoms with Crippen LogP contribution < -0.4 is 10.6 Å². The van der Waals surface area contributed by atoms with Crippen LogP contribution in [0.25, 0.3) is 0 Å². The second-order valence-corrected chi connectivity index (χ2v) is 5.43. The molecule has 0 aliphatic carbocycles. The Morgan fingerprint density at radius 2 is 1.95 bits per heavy atom. The van der Waals surface area contributed by atoms with Crippen LogP contribution in [0.3, 0.4) is 0 Å². The molecular formula is C14H27N3O2. The zero-order chi connectivity index (χ0) is 14.3. The lowest BCUT2D eigenvalue weighted by Crippen LogP contribution is -2.48. The zero-order valence-electron chi connectivity index (χ0n) is 12.4. The van der Waals surface area contributed by atoms with E-state index in [1.54, 1.807) is 11.9 Å². The molecule has 2 amide bonds. The predicted molar refractivity (Wildman–Crippen MR) is 75.8 cm³/mol. The summed E-state index contributed by atoms with van der Waals surface area (Å²) in [5, 5.41) is 5.90. The maximum atomic E-state index is 12.7. The van der Waals surface area contributed by atoms with Gasteiger partial charge in [0.25, 0.3) is 0 Å². The molecule has 0 spiro atoms. The van der Waals surface area contributed by atoms with Gasteiger partial charge in [0.2, 0.25) is 11.8 Å². The summed E-state index contributed by atoms with van der Waals surface area (Å²) in [5.74, 6) is 0.189. The third-order valence-electron chi connectivity index (χ3n) is 4.04. The zero-order valence-corrected chi connectivity index (χ0v) is 12.4. The quantitative estimate of drug-likeness (QED) is 0.748. The Balaban J connectivity index is 2.62. The molecule has 0 atom stereocenters. The molecule has 1 heterocycles. The Morgan fingerprint density at radius 1 is 1.32 bits per heavy atom. The highest BCUT2D eigenvalue weighted by Gasteiger charge is 2.40. The van der Waals surface area contributed by atoms with E-state index in [4.69, 9.17) is 0 Å². The molecule has 2 N–H and O–H groups in total. The van der Waals surface area contributed by atoms with Crippen LogP contribution >= 0.6 is 0 Å². The minimum absolute atomic E-state index is 0.0190. The van der Waals surface area contributed by atoms with Crippen molar-refractivity contribution < 1.29 is 9.59 Å². The molecule has 1 saturated heterocycles. The molecule has 0 radical (unpaired) electrons. The Bertz CT molecular complexity index is 306. The van der Waals surface area contributed by atoms with Crippen molar-refractivity contribution in [1.82, 2.24) is 15.5 Å². The van der Waals surface area contributed by atoms with Crippen molar-refractivity contribution in [3.63, 3.8) is 0 Å². The number of rotatable bonds is 6.